The van der Waals surface area contributed by atoms with Gasteiger partial charge >= 0.3 is 0 Å². The summed E-state index contributed by atoms with van der Waals surface area (Å²) in [6, 6.07) is 81.6. The molecule has 5 nitrogen and oxygen atoms in total. The molecule has 1 aromatic heterocycles. The summed E-state index contributed by atoms with van der Waals surface area (Å²) in [7, 11) is 0. The Morgan fingerprint density at radius 2 is 0.640 bits per heavy atom. The summed E-state index contributed by atoms with van der Waals surface area (Å²) < 4.78 is 6.29. The van der Waals surface area contributed by atoms with E-state index in [-0.39, 0.29) is 5.75 Å². The number of fused-ring (bicyclic) bond motifs is 12. The number of nitrogens with zero attached hydrogens (tertiary/aromatic N) is 3. The molecule has 0 saturated heterocycles. The van der Waals surface area contributed by atoms with Crippen LogP contribution in [0.5, 0.6) is 11.5 Å². The van der Waals surface area contributed by atoms with Crippen LogP contribution in [0, 0.1) is 0 Å². The number of benzene rings is 11. The highest BCUT2D eigenvalue weighted by Crippen LogP contribution is 2.50. The maximum Gasteiger partial charge on any atom is 0.167 e. The molecule has 1 heterocycles. The monoisotopic (exact) mass is 1110 g/mol. The van der Waals surface area contributed by atoms with Crippen LogP contribution in [-0.4, -0.2) is 26.7 Å². The first-order valence-electron chi connectivity index (χ1n) is 30.8. The number of aromatic hydroxyl groups is 1. The highest BCUT2D eigenvalue weighted by atomic mass is 16.5. The fourth-order valence-corrected chi connectivity index (χ4v) is 14.5. The van der Waals surface area contributed by atoms with Crippen molar-refractivity contribution in [2.75, 3.05) is 6.61 Å². The van der Waals surface area contributed by atoms with E-state index in [0.717, 1.165) is 83.0 Å². The average Bonchev–Trinajstić information content (AvgIpc) is 2.15. The first-order valence-corrected chi connectivity index (χ1v) is 30.8. The minimum absolute atomic E-state index is 0.0508. The molecule has 0 aliphatic heterocycles. The zero-order valence-corrected chi connectivity index (χ0v) is 48.3. The van der Waals surface area contributed by atoms with Crippen LogP contribution >= 0.6 is 0 Å². The van der Waals surface area contributed by atoms with Gasteiger partial charge in [-0.25, -0.2) is 15.0 Å². The molecule has 0 amide bonds. The van der Waals surface area contributed by atoms with Gasteiger partial charge in [0, 0.05) is 17.2 Å². The summed E-state index contributed by atoms with van der Waals surface area (Å²) in [5, 5.41) is 12.2. The number of aromatic nitrogens is 3. The Kier molecular flexibility index (Phi) is 13.0. The van der Waals surface area contributed by atoms with Crippen LogP contribution < -0.4 is 4.74 Å². The lowest BCUT2D eigenvalue weighted by Crippen LogP contribution is -2.04. The van der Waals surface area contributed by atoms with Crippen LogP contribution in [0.25, 0.3) is 123 Å². The maximum absolute atomic E-state index is 12.2. The van der Waals surface area contributed by atoms with Gasteiger partial charge in [-0.2, -0.15) is 0 Å². The van der Waals surface area contributed by atoms with Crippen LogP contribution in [-0.2, 0) is 25.7 Å². The van der Waals surface area contributed by atoms with Crippen molar-refractivity contribution in [3.63, 3.8) is 0 Å². The second-order valence-electron chi connectivity index (χ2n) is 23.8. The first-order chi connectivity index (χ1) is 42.5. The lowest BCUT2D eigenvalue weighted by molar-refractivity contribution is 0.303. The summed E-state index contributed by atoms with van der Waals surface area (Å²) in [6.07, 6.45) is 10.4. The van der Waals surface area contributed by atoms with Gasteiger partial charge in [0.1, 0.15) is 11.5 Å². The molecule has 86 heavy (non-hydrogen) atoms. The summed E-state index contributed by atoms with van der Waals surface area (Å²) >= 11 is 0. The third-order valence-electron chi connectivity index (χ3n) is 18.7. The van der Waals surface area contributed by atoms with Gasteiger partial charge < -0.3 is 9.84 Å². The number of hydrogen-bond acceptors (Lipinski definition) is 5. The Morgan fingerprint density at radius 1 is 0.302 bits per heavy atom. The lowest BCUT2D eigenvalue weighted by atomic mass is 9.87. The van der Waals surface area contributed by atoms with E-state index in [9.17, 15) is 5.11 Å². The largest absolute Gasteiger partial charge is 0.507 e. The second kappa shape index (κ2) is 21.6. The topological polar surface area (TPSA) is 68.1 Å². The van der Waals surface area contributed by atoms with Crippen LogP contribution in [0.3, 0.4) is 0 Å². The van der Waals surface area contributed by atoms with E-state index < -0.39 is 0 Å². The van der Waals surface area contributed by atoms with Gasteiger partial charge in [-0.15, -0.1) is 0 Å². The molecule has 414 valence electrons. The molecule has 0 unspecified atom stereocenters. The fourth-order valence-electron chi connectivity index (χ4n) is 14.5. The Bertz CT molecular complexity index is 4440. The molecule has 0 atom stereocenters. The second-order valence-corrected chi connectivity index (χ2v) is 23.8. The van der Waals surface area contributed by atoms with Crippen molar-refractivity contribution < 1.29 is 9.84 Å². The quantitative estimate of drug-likeness (QED) is 0.104. The number of unbranched alkanes of at least 4 members (excludes halogenated alkanes) is 5. The highest BCUT2D eigenvalue weighted by Gasteiger charge is 2.30. The summed E-state index contributed by atoms with van der Waals surface area (Å²) in [5.74, 6) is 2.09. The van der Waals surface area contributed by atoms with Gasteiger partial charge in [0.2, 0.25) is 0 Å². The summed E-state index contributed by atoms with van der Waals surface area (Å²) in [5.41, 5.74) is 32.2. The van der Waals surface area contributed by atoms with Crippen molar-refractivity contribution in [1.29, 1.82) is 0 Å². The lowest BCUT2D eigenvalue weighted by Gasteiger charge is -2.19. The van der Waals surface area contributed by atoms with Gasteiger partial charge in [-0.1, -0.05) is 221 Å². The first kappa shape index (κ1) is 51.7. The van der Waals surface area contributed by atoms with Crippen molar-refractivity contribution >= 4 is 0 Å². The van der Waals surface area contributed by atoms with E-state index in [1.165, 1.54) is 126 Å². The number of phenols is 1. The predicted octanol–water partition coefficient (Wildman–Crippen LogP) is 20.3. The molecule has 0 spiro atoms. The molecule has 4 aliphatic carbocycles. The molecule has 16 rings (SSSR count). The van der Waals surface area contributed by atoms with Crippen molar-refractivity contribution in [2.45, 2.75) is 71.1 Å². The minimum atomic E-state index is 0.0508. The Hall–Kier alpha value is -9.97. The van der Waals surface area contributed by atoms with Gasteiger partial charge in [0.25, 0.3) is 0 Å². The molecule has 0 saturated carbocycles. The zero-order valence-electron chi connectivity index (χ0n) is 48.3. The van der Waals surface area contributed by atoms with E-state index >= 15 is 0 Å². The Labute approximate surface area is 503 Å². The van der Waals surface area contributed by atoms with Gasteiger partial charge in [-0.05, 0) is 202 Å². The highest BCUT2D eigenvalue weighted by molar-refractivity contribution is 5.96. The van der Waals surface area contributed by atoms with E-state index in [1.54, 1.807) is 6.07 Å². The SMILES string of the molecule is CCCCCCCCOc1ccc(-c2nc(-c3ccc(-c4cccc5c4Cc4ccccc4-5)cc3-c3cccc4c3Cc3ccccc3-4)nc(-c3ccc(-c4cccc5c4Cc4ccccc4-5)cc3-c3cccc4c3Cc3ccccc3-4)n2)c(O)c1. The average molecular weight is 1110 g/mol. The van der Waals surface area contributed by atoms with E-state index in [2.05, 4.69) is 213 Å². The smallest absolute Gasteiger partial charge is 0.167 e. The number of rotatable bonds is 15. The molecule has 0 bridgehead atoms. The summed E-state index contributed by atoms with van der Waals surface area (Å²) in [4.78, 5) is 16.7. The van der Waals surface area contributed by atoms with Crippen LogP contribution in [0.15, 0.2) is 224 Å². The van der Waals surface area contributed by atoms with Crippen LogP contribution in [0.2, 0.25) is 0 Å². The summed E-state index contributed by atoms with van der Waals surface area (Å²) in [6.45, 7) is 2.83. The van der Waals surface area contributed by atoms with E-state index in [0.29, 0.717) is 35.4 Å². The van der Waals surface area contributed by atoms with Crippen LogP contribution in [0.1, 0.15) is 90.0 Å². The Morgan fingerprint density at radius 3 is 1.06 bits per heavy atom. The molecule has 4 aliphatic rings. The number of ether oxygens (including phenoxy) is 1. The fraction of sp³-hybridized carbons (Fsp3) is 0.148. The van der Waals surface area contributed by atoms with E-state index in [4.69, 9.17) is 19.7 Å². The molecule has 12 aromatic rings. The molecular weight excluding hydrogens is 1050 g/mol. The molecule has 0 fully saturated rings. The molecule has 0 radical (unpaired) electrons. The van der Waals surface area contributed by atoms with Gasteiger partial charge in [0.15, 0.2) is 17.5 Å². The minimum Gasteiger partial charge on any atom is -0.507 e. The molecular formula is C81H63N3O2. The molecule has 5 heteroatoms. The van der Waals surface area contributed by atoms with Crippen molar-refractivity contribution in [3.05, 3.63) is 269 Å². The van der Waals surface area contributed by atoms with Gasteiger partial charge in [0.05, 0.1) is 12.2 Å². The van der Waals surface area contributed by atoms with Crippen molar-refractivity contribution in [2.24, 2.45) is 0 Å². The third kappa shape index (κ3) is 8.95. The number of phenolic OH excluding ortho intramolecular Hbond substituents is 1. The Balaban J connectivity index is 0.903. The molecule has 1 N–H and O–H groups in total. The predicted molar refractivity (Wildman–Crippen MR) is 351 cm³/mol. The standard InChI is InChI=1S/C81H63N3O2/c1-2-3-4-5-6-15-42-86-56-38-41-71(78(85)49-56)81-83-79(69-39-36-54(61-28-16-30-63-57-24-11-7-20-50(57)43-72(61)63)47-76(69)67-34-18-32-65-59-26-13-9-22-52(59)45-74(65)67)82-80(84-81)70-40-37-55(62-29-17-31-64-58-25-12-8-21-51(58)44-73(62)64)48-77(70)68-35-19-33-66-60-27-14-10-23-53(60)46-75(66)68/h7-14,16-41,47-49,85H,2-6,15,42-46H2,1H3. The number of hydrogen-bond donors (Lipinski definition) is 1. The normalized spacial score (nSPS) is 12.7. The molecule has 11 aromatic carbocycles. The van der Waals surface area contributed by atoms with E-state index in [1.807, 2.05) is 12.1 Å². The van der Waals surface area contributed by atoms with Crippen LogP contribution in [0.4, 0.5) is 0 Å². The third-order valence-corrected chi connectivity index (χ3v) is 18.7. The van der Waals surface area contributed by atoms with Crippen molar-refractivity contribution in [3.8, 4) is 135 Å². The van der Waals surface area contributed by atoms with Crippen molar-refractivity contribution in [1.82, 2.24) is 15.0 Å². The zero-order chi connectivity index (χ0) is 57.2. The van der Waals surface area contributed by atoms with Gasteiger partial charge in [-0.3, -0.25) is 0 Å². The maximum atomic E-state index is 12.2.